The fourth-order valence-electron chi connectivity index (χ4n) is 2.47. The molecule has 6 nitrogen and oxygen atoms in total. The molecule has 2 aromatic heterocycles. The maximum Gasteiger partial charge on any atom is 2.00 e. The number of aromatic nitrogens is 2. The number of nitrogens with zero attached hydrogens (tertiary/aromatic N) is 4. The van der Waals surface area contributed by atoms with Crippen molar-refractivity contribution in [3.63, 3.8) is 0 Å². The van der Waals surface area contributed by atoms with E-state index in [0.717, 1.165) is 8.95 Å². The molecule has 0 aliphatic carbocycles. The number of hydrogen-bond donors (Lipinski definition) is 0. The first kappa shape index (κ1) is 29.0. The van der Waals surface area contributed by atoms with Gasteiger partial charge in [0.05, 0.1) is 0 Å². The van der Waals surface area contributed by atoms with Crippen molar-refractivity contribution < 1.29 is 27.3 Å². The van der Waals surface area contributed by atoms with Gasteiger partial charge in [0, 0.05) is 33.8 Å². The number of pyridine rings is 2. The Morgan fingerprint density at radius 1 is 0.686 bits per heavy atom. The van der Waals surface area contributed by atoms with Gasteiger partial charge in [-0.25, -0.2) is 9.97 Å². The van der Waals surface area contributed by atoms with Crippen LogP contribution in [0.25, 0.3) is 0 Å². The molecule has 0 atom stereocenters. The molecule has 0 unspecified atom stereocenters. The zero-order valence-corrected chi connectivity index (χ0v) is 23.1. The summed E-state index contributed by atoms with van der Waals surface area (Å²) in [6.45, 7) is 0. The van der Waals surface area contributed by atoms with Crippen LogP contribution in [0.3, 0.4) is 0 Å². The van der Waals surface area contributed by atoms with Crippen molar-refractivity contribution in [3.8, 4) is 11.5 Å². The van der Waals surface area contributed by atoms with Crippen molar-refractivity contribution in [2.45, 2.75) is 0 Å². The van der Waals surface area contributed by atoms with Gasteiger partial charge in [-0.2, -0.15) is 0 Å². The third-order valence-electron chi connectivity index (χ3n) is 4.11. The first-order valence-corrected chi connectivity index (χ1v) is 11.9. The van der Waals surface area contributed by atoms with Crippen molar-refractivity contribution >= 4 is 78.9 Å². The van der Waals surface area contributed by atoms with E-state index in [0.29, 0.717) is 32.8 Å². The van der Waals surface area contributed by atoms with E-state index in [1.165, 1.54) is 24.6 Å². The molecule has 11 heteroatoms. The molecule has 35 heavy (non-hydrogen) atoms. The summed E-state index contributed by atoms with van der Waals surface area (Å²) in [7, 11) is 0. The van der Waals surface area contributed by atoms with Gasteiger partial charge in [-0.3, -0.25) is 9.98 Å². The van der Waals surface area contributed by atoms with Gasteiger partial charge in [0.25, 0.3) is 0 Å². The van der Waals surface area contributed by atoms with Crippen molar-refractivity contribution in [2.75, 3.05) is 0 Å². The molecule has 0 amide bonds. The van der Waals surface area contributed by atoms with E-state index < -0.39 is 0 Å². The maximum absolute atomic E-state index is 11.5. The molecule has 2 heterocycles. The minimum absolute atomic E-state index is 0. The van der Waals surface area contributed by atoms with Crippen LogP contribution in [-0.4, -0.2) is 22.4 Å². The van der Waals surface area contributed by atoms with Gasteiger partial charge in [0.1, 0.15) is 11.4 Å². The standard InChI is InChI=1S/2C12H8BrClN2O.Cu/c2*13-9-3-4-11(17)8(6-9)7-16-10-2-1-5-15-12(10)14;/h2*1-7,17H;/q;;+2/p-2. The smallest absolute Gasteiger partial charge is 0.872 e. The van der Waals surface area contributed by atoms with Crippen LogP contribution in [0.1, 0.15) is 11.1 Å². The fourth-order valence-corrected chi connectivity index (χ4v) is 3.56. The van der Waals surface area contributed by atoms with Crippen molar-refractivity contribution in [2.24, 2.45) is 9.98 Å². The van der Waals surface area contributed by atoms with Crippen molar-refractivity contribution in [1.82, 2.24) is 9.97 Å². The van der Waals surface area contributed by atoms with Gasteiger partial charge in [-0.05, 0) is 59.7 Å². The van der Waals surface area contributed by atoms with Gasteiger partial charge < -0.3 is 10.2 Å². The summed E-state index contributed by atoms with van der Waals surface area (Å²) in [5, 5.41) is 23.7. The summed E-state index contributed by atoms with van der Waals surface area (Å²) in [5.41, 5.74) is 2.07. The zero-order valence-electron chi connectivity index (χ0n) is 17.5. The number of halogens is 4. The van der Waals surface area contributed by atoms with E-state index in [1.807, 2.05) is 0 Å². The van der Waals surface area contributed by atoms with Gasteiger partial charge in [0.15, 0.2) is 10.3 Å². The van der Waals surface area contributed by atoms with E-state index >= 15 is 0 Å². The third kappa shape index (κ3) is 9.04. The Morgan fingerprint density at radius 3 is 1.46 bits per heavy atom. The Bertz CT molecular complexity index is 1250. The molecule has 0 N–H and O–H groups in total. The molecule has 0 spiro atoms. The Balaban J connectivity index is 0.000000240. The topological polar surface area (TPSA) is 96.6 Å². The first-order valence-electron chi connectivity index (χ1n) is 9.56. The van der Waals surface area contributed by atoms with Gasteiger partial charge in [0.2, 0.25) is 0 Å². The quantitative estimate of drug-likeness (QED) is 0.137. The van der Waals surface area contributed by atoms with Gasteiger partial charge in [-0.15, -0.1) is 0 Å². The summed E-state index contributed by atoms with van der Waals surface area (Å²) < 4.78 is 1.66. The summed E-state index contributed by atoms with van der Waals surface area (Å²) in [4.78, 5) is 16.1. The molecule has 0 aliphatic rings. The van der Waals surface area contributed by atoms with Crippen LogP contribution in [0, 0.1) is 0 Å². The maximum atomic E-state index is 11.5. The Labute approximate surface area is 239 Å². The molecule has 0 saturated carbocycles. The summed E-state index contributed by atoms with van der Waals surface area (Å²) in [6, 6.07) is 16.7. The molecule has 1 radical (unpaired) electrons. The van der Waals surface area contributed by atoms with Crippen LogP contribution >= 0.6 is 55.1 Å². The van der Waals surface area contributed by atoms with Gasteiger partial charge >= 0.3 is 17.1 Å². The van der Waals surface area contributed by atoms with Crippen molar-refractivity contribution in [1.29, 1.82) is 0 Å². The van der Waals surface area contributed by atoms with E-state index in [2.05, 4.69) is 51.8 Å². The Morgan fingerprint density at radius 2 is 1.09 bits per heavy atom. The molecule has 2 aromatic carbocycles. The predicted molar refractivity (Wildman–Crippen MR) is 140 cm³/mol. The number of rotatable bonds is 4. The van der Waals surface area contributed by atoms with E-state index in [-0.39, 0.29) is 28.6 Å². The SMILES string of the molecule is [Cu+2].[O-]c1ccc(Br)cc1C=Nc1cccnc1Cl.[O-]c1ccc(Br)cc1C=Nc1cccnc1Cl. The molecule has 4 aromatic rings. The minimum atomic E-state index is -0.0861. The van der Waals surface area contributed by atoms with Crippen LogP contribution in [0.5, 0.6) is 11.5 Å². The molecule has 4 rings (SSSR count). The summed E-state index contributed by atoms with van der Waals surface area (Å²) >= 11 is 18.3. The van der Waals surface area contributed by atoms with E-state index in [9.17, 15) is 10.2 Å². The molecule has 0 aliphatic heterocycles. The van der Waals surface area contributed by atoms with E-state index in [1.54, 1.807) is 60.9 Å². The molecular weight excluding hydrogens is 671 g/mol. The number of aliphatic imine (C=N–C) groups is 2. The van der Waals surface area contributed by atoms with Crippen LogP contribution in [0.4, 0.5) is 11.4 Å². The summed E-state index contributed by atoms with van der Waals surface area (Å²) in [5.74, 6) is -0.172. The number of hydrogen-bond acceptors (Lipinski definition) is 6. The van der Waals surface area contributed by atoms with Crippen LogP contribution in [-0.2, 0) is 17.1 Å². The average Bonchev–Trinajstić information content (AvgIpc) is 2.82. The average molecular weight is 685 g/mol. The van der Waals surface area contributed by atoms with Crippen molar-refractivity contribution in [3.05, 3.63) is 103 Å². The second-order valence-electron chi connectivity index (χ2n) is 6.51. The second kappa shape index (κ2) is 14.3. The molecule has 181 valence electrons. The van der Waals surface area contributed by atoms with Gasteiger partial charge in [-0.1, -0.05) is 78.7 Å². The van der Waals surface area contributed by atoms with Crippen LogP contribution in [0.15, 0.2) is 92.0 Å². The third-order valence-corrected chi connectivity index (χ3v) is 5.68. The zero-order chi connectivity index (χ0) is 24.5. The first-order chi connectivity index (χ1) is 16.3. The molecule has 0 bridgehead atoms. The minimum Gasteiger partial charge on any atom is -0.872 e. The van der Waals surface area contributed by atoms with Crippen LogP contribution < -0.4 is 10.2 Å². The normalized spacial score (nSPS) is 10.6. The predicted octanol–water partition coefficient (Wildman–Crippen LogP) is 6.64. The van der Waals surface area contributed by atoms with Crippen LogP contribution in [0.2, 0.25) is 10.3 Å². The van der Waals surface area contributed by atoms with E-state index in [4.69, 9.17) is 23.2 Å². The number of benzene rings is 2. The fraction of sp³-hybridized carbons (Fsp3) is 0. The summed E-state index contributed by atoms with van der Waals surface area (Å²) in [6.07, 6.45) is 6.13. The molecule has 0 fully saturated rings. The Kier molecular flexibility index (Phi) is 11.9. The molecular formula is C24H14Br2Cl2CuN4O2. The monoisotopic (exact) mass is 681 g/mol. The Hall–Kier alpha value is -2.26. The second-order valence-corrected chi connectivity index (χ2v) is 9.05. The molecule has 0 saturated heterocycles. The largest absolute Gasteiger partial charge is 2.00 e.